The lowest BCUT2D eigenvalue weighted by molar-refractivity contribution is 0.149. The number of halogens is 2. The van der Waals surface area contributed by atoms with Crippen LogP contribution in [0.1, 0.15) is 17.6 Å². The van der Waals surface area contributed by atoms with Gasteiger partial charge in [0.1, 0.15) is 5.56 Å². The number of alkyl halides is 2. The summed E-state index contributed by atoms with van der Waals surface area (Å²) in [4.78, 5) is 12.8. The first-order valence-corrected chi connectivity index (χ1v) is 5.30. The largest absolute Gasteiger partial charge is 0.311 e. The topological polar surface area (TPSA) is 117 Å². The van der Waals surface area contributed by atoms with Crippen molar-refractivity contribution in [1.29, 1.82) is 5.26 Å². The predicted octanol–water partition coefficient (Wildman–Crippen LogP) is -0.168. The number of H-pyrrole nitrogens is 1. The summed E-state index contributed by atoms with van der Waals surface area (Å²) in [6.07, 6.45) is -3.17. The first kappa shape index (κ1) is 12.3. The molecule has 0 aliphatic heterocycles. The molecule has 86 valence electrons. The van der Waals surface area contributed by atoms with Gasteiger partial charge in [-0.05, 0) is 6.07 Å². The lowest BCUT2D eigenvalue weighted by atomic mass is 10.1. The van der Waals surface area contributed by atoms with Gasteiger partial charge in [0.05, 0.1) is 11.6 Å². The molecular weight excluding hydrogens is 244 g/mol. The molecule has 9 heteroatoms. The molecule has 1 aromatic heterocycles. The zero-order valence-electron chi connectivity index (χ0n) is 7.57. The standard InChI is InChI=1S/C7H5F2N3O3S/c8-6(9)5-3(2-10)1-4(12-7(5)13)16(11,14)15/h1,6H,(H,12,13)(H2,11,14,15). The summed E-state index contributed by atoms with van der Waals surface area (Å²) in [6.45, 7) is 0. The van der Waals surface area contributed by atoms with E-state index in [1.165, 1.54) is 6.07 Å². The van der Waals surface area contributed by atoms with Gasteiger partial charge in [-0.25, -0.2) is 22.3 Å². The minimum Gasteiger partial charge on any atom is -0.311 e. The first-order chi connectivity index (χ1) is 7.27. The maximum absolute atomic E-state index is 12.4. The van der Waals surface area contributed by atoms with Crippen LogP contribution in [0.25, 0.3) is 0 Å². The molecule has 0 unspecified atom stereocenters. The highest BCUT2D eigenvalue weighted by atomic mass is 32.2. The van der Waals surface area contributed by atoms with E-state index in [4.69, 9.17) is 5.26 Å². The van der Waals surface area contributed by atoms with Crippen molar-refractivity contribution in [2.75, 3.05) is 0 Å². The molecule has 0 saturated carbocycles. The molecule has 6 nitrogen and oxygen atoms in total. The Bertz CT molecular complexity index is 615. The number of rotatable bonds is 2. The normalized spacial score (nSPS) is 11.4. The van der Waals surface area contributed by atoms with Gasteiger partial charge in [-0.3, -0.25) is 4.79 Å². The van der Waals surface area contributed by atoms with Gasteiger partial charge in [0.15, 0.2) is 5.03 Å². The lowest BCUT2D eigenvalue weighted by Gasteiger charge is -2.03. The summed E-state index contributed by atoms with van der Waals surface area (Å²) in [5, 5.41) is 12.4. The highest BCUT2D eigenvalue weighted by Gasteiger charge is 2.21. The van der Waals surface area contributed by atoms with Crippen LogP contribution in [0.15, 0.2) is 15.9 Å². The van der Waals surface area contributed by atoms with Crippen molar-refractivity contribution in [3.05, 3.63) is 27.5 Å². The maximum atomic E-state index is 12.4. The fraction of sp³-hybridized carbons (Fsp3) is 0.143. The summed E-state index contributed by atoms with van der Waals surface area (Å²) in [5.41, 5.74) is -3.14. The summed E-state index contributed by atoms with van der Waals surface area (Å²) < 4.78 is 46.4. The number of nitrogens with zero attached hydrogens (tertiary/aromatic N) is 1. The van der Waals surface area contributed by atoms with Gasteiger partial charge >= 0.3 is 0 Å². The maximum Gasteiger partial charge on any atom is 0.270 e. The molecule has 0 radical (unpaired) electrons. The van der Waals surface area contributed by atoms with E-state index in [1.807, 2.05) is 0 Å². The number of primary sulfonamides is 1. The predicted molar refractivity (Wildman–Crippen MR) is 48.1 cm³/mol. The molecule has 0 aliphatic rings. The van der Waals surface area contributed by atoms with Crippen LogP contribution in [0.5, 0.6) is 0 Å². The van der Waals surface area contributed by atoms with E-state index in [9.17, 15) is 22.0 Å². The van der Waals surface area contributed by atoms with Crippen molar-refractivity contribution < 1.29 is 17.2 Å². The van der Waals surface area contributed by atoms with Crippen LogP contribution in [0.3, 0.4) is 0 Å². The summed E-state index contributed by atoms with van der Waals surface area (Å²) in [6, 6.07) is 1.91. The third-order valence-electron chi connectivity index (χ3n) is 1.69. The number of aromatic nitrogens is 1. The second kappa shape index (κ2) is 3.99. The van der Waals surface area contributed by atoms with E-state index in [-0.39, 0.29) is 0 Å². The molecular formula is C7H5F2N3O3S. The quantitative estimate of drug-likeness (QED) is 0.756. The summed E-state index contributed by atoms with van der Waals surface area (Å²) >= 11 is 0. The zero-order valence-corrected chi connectivity index (χ0v) is 8.38. The molecule has 0 saturated heterocycles. The van der Waals surface area contributed by atoms with Gasteiger partial charge in [-0.2, -0.15) is 5.26 Å². The molecule has 0 fully saturated rings. The fourth-order valence-corrected chi connectivity index (χ4v) is 1.53. The Morgan fingerprint density at radius 2 is 2.06 bits per heavy atom. The monoisotopic (exact) mass is 249 g/mol. The molecule has 0 spiro atoms. The summed E-state index contributed by atoms with van der Waals surface area (Å²) in [7, 11) is -4.25. The average Bonchev–Trinajstić information content (AvgIpc) is 2.14. The molecule has 0 atom stereocenters. The zero-order chi connectivity index (χ0) is 12.5. The number of sulfonamides is 1. The number of hydrogen-bond donors (Lipinski definition) is 2. The molecule has 3 N–H and O–H groups in total. The smallest absolute Gasteiger partial charge is 0.270 e. The van der Waals surface area contributed by atoms with Crippen molar-refractivity contribution in [3.8, 4) is 6.07 Å². The van der Waals surface area contributed by atoms with E-state index in [0.717, 1.165) is 0 Å². The van der Waals surface area contributed by atoms with Gasteiger partial charge < -0.3 is 4.98 Å². The van der Waals surface area contributed by atoms with E-state index in [0.29, 0.717) is 6.07 Å². The van der Waals surface area contributed by atoms with E-state index < -0.39 is 38.2 Å². The molecule has 1 aromatic rings. The second-order valence-corrected chi connectivity index (χ2v) is 4.28. The Morgan fingerprint density at radius 3 is 2.44 bits per heavy atom. The van der Waals surface area contributed by atoms with Crippen LogP contribution in [-0.2, 0) is 10.0 Å². The second-order valence-electron chi connectivity index (χ2n) is 2.75. The minimum atomic E-state index is -4.25. The number of nitrogens with two attached hydrogens (primary N) is 1. The molecule has 0 aromatic carbocycles. The van der Waals surface area contributed by atoms with Crippen molar-refractivity contribution in [2.45, 2.75) is 11.5 Å². The average molecular weight is 249 g/mol. The summed E-state index contributed by atoms with van der Waals surface area (Å²) in [5.74, 6) is 0. The number of aromatic amines is 1. The number of pyridine rings is 1. The number of hydrogen-bond acceptors (Lipinski definition) is 4. The minimum absolute atomic E-state index is 0.595. The van der Waals surface area contributed by atoms with Crippen LogP contribution >= 0.6 is 0 Å². The lowest BCUT2D eigenvalue weighted by Crippen LogP contribution is -2.22. The van der Waals surface area contributed by atoms with Crippen molar-refractivity contribution in [3.63, 3.8) is 0 Å². The molecule has 1 rings (SSSR count). The molecule has 0 aliphatic carbocycles. The molecule has 1 heterocycles. The Morgan fingerprint density at radius 1 is 1.50 bits per heavy atom. The highest BCUT2D eigenvalue weighted by Crippen LogP contribution is 2.19. The van der Waals surface area contributed by atoms with Crippen LogP contribution in [0.4, 0.5) is 8.78 Å². The Balaban J connectivity index is 3.66. The van der Waals surface area contributed by atoms with Gasteiger partial charge in [0.2, 0.25) is 0 Å². The number of nitriles is 1. The van der Waals surface area contributed by atoms with Gasteiger partial charge in [-0.15, -0.1) is 0 Å². The fourth-order valence-electron chi connectivity index (χ4n) is 1.01. The van der Waals surface area contributed by atoms with Crippen LogP contribution in [-0.4, -0.2) is 13.4 Å². The van der Waals surface area contributed by atoms with Gasteiger partial charge in [-0.1, -0.05) is 0 Å². The Kier molecular flexibility index (Phi) is 3.06. The van der Waals surface area contributed by atoms with E-state index in [2.05, 4.69) is 5.14 Å². The SMILES string of the molecule is N#Cc1cc(S(N)(=O)=O)[nH]c(=O)c1C(F)F. The van der Waals surface area contributed by atoms with E-state index >= 15 is 0 Å². The first-order valence-electron chi connectivity index (χ1n) is 3.75. The van der Waals surface area contributed by atoms with E-state index in [1.54, 1.807) is 4.98 Å². The van der Waals surface area contributed by atoms with Crippen molar-refractivity contribution in [2.24, 2.45) is 5.14 Å². The highest BCUT2D eigenvalue weighted by molar-refractivity contribution is 7.89. The van der Waals surface area contributed by atoms with Crippen molar-refractivity contribution in [1.82, 2.24) is 4.98 Å². The molecule has 16 heavy (non-hydrogen) atoms. The van der Waals surface area contributed by atoms with Crippen LogP contribution < -0.4 is 10.7 Å². The molecule has 0 bridgehead atoms. The Hall–Kier alpha value is -1.79. The van der Waals surface area contributed by atoms with Crippen molar-refractivity contribution >= 4 is 10.0 Å². The molecule has 0 amide bonds. The van der Waals surface area contributed by atoms with Crippen LogP contribution in [0, 0.1) is 11.3 Å². The third kappa shape index (κ3) is 2.23. The Labute approximate surface area is 88.4 Å². The number of nitrogens with one attached hydrogen (secondary N) is 1. The van der Waals surface area contributed by atoms with Gasteiger partial charge in [0, 0.05) is 0 Å². The third-order valence-corrected chi connectivity index (χ3v) is 2.53. The van der Waals surface area contributed by atoms with Gasteiger partial charge in [0.25, 0.3) is 22.0 Å². The van der Waals surface area contributed by atoms with Crippen LogP contribution in [0.2, 0.25) is 0 Å².